The van der Waals surface area contributed by atoms with Crippen molar-refractivity contribution in [1.29, 1.82) is 0 Å². The van der Waals surface area contributed by atoms with Crippen molar-refractivity contribution < 1.29 is 23.9 Å². The van der Waals surface area contributed by atoms with Gasteiger partial charge in [-0.2, -0.15) is 0 Å². The van der Waals surface area contributed by atoms with Gasteiger partial charge >= 0.3 is 12.1 Å². The standard InChI is InChI=1S/C24H29N3O5/c1-5-10-31-23(30)27-14-17(12-18(28)15-27)26-21(22(29)32-24(2,3)4)11-16-13-25-20-9-7-6-8-19(16)20/h5-9,12-13,21,25-26H,1,10-11,14-15H2,2-4H3/t21-/m0/s1. The van der Waals surface area contributed by atoms with Crippen LogP contribution in [-0.2, 0) is 25.5 Å². The Morgan fingerprint density at radius 1 is 1.28 bits per heavy atom. The number of fused-ring (bicyclic) bond motifs is 1. The molecule has 32 heavy (non-hydrogen) atoms. The van der Waals surface area contributed by atoms with Gasteiger partial charge in [0.2, 0.25) is 0 Å². The van der Waals surface area contributed by atoms with Crippen molar-refractivity contribution in [2.24, 2.45) is 0 Å². The summed E-state index contributed by atoms with van der Waals surface area (Å²) in [6.45, 7) is 9.00. The summed E-state index contributed by atoms with van der Waals surface area (Å²) >= 11 is 0. The minimum atomic E-state index is -0.753. The Balaban J connectivity index is 1.81. The predicted octanol–water partition coefficient (Wildman–Crippen LogP) is 3.10. The van der Waals surface area contributed by atoms with E-state index in [0.717, 1.165) is 16.5 Å². The van der Waals surface area contributed by atoms with Crippen LogP contribution in [0.2, 0.25) is 0 Å². The van der Waals surface area contributed by atoms with Gasteiger partial charge in [0.25, 0.3) is 0 Å². The van der Waals surface area contributed by atoms with Gasteiger partial charge in [-0.25, -0.2) is 9.59 Å². The molecule has 0 bridgehead atoms. The smallest absolute Gasteiger partial charge is 0.410 e. The Labute approximate surface area is 187 Å². The van der Waals surface area contributed by atoms with Crippen LogP contribution in [0.5, 0.6) is 0 Å². The van der Waals surface area contributed by atoms with E-state index in [1.807, 2.05) is 30.5 Å². The molecule has 0 saturated heterocycles. The van der Waals surface area contributed by atoms with Gasteiger partial charge in [0, 0.05) is 35.3 Å². The van der Waals surface area contributed by atoms with Crippen molar-refractivity contribution >= 4 is 28.7 Å². The minimum Gasteiger partial charge on any atom is -0.458 e. The topological polar surface area (TPSA) is 101 Å². The number of ether oxygens (including phenoxy) is 2. The van der Waals surface area contributed by atoms with Crippen LogP contribution in [0, 0.1) is 0 Å². The first-order chi connectivity index (χ1) is 15.2. The molecule has 0 saturated carbocycles. The normalized spacial score (nSPS) is 15.2. The average Bonchev–Trinajstić information content (AvgIpc) is 3.13. The second-order valence-corrected chi connectivity index (χ2v) is 8.65. The molecule has 0 fully saturated rings. The summed E-state index contributed by atoms with van der Waals surface area (Å²) in [5.74, 6) is -0.702. The fraction of sp³-hybridized carbons (Fsp3) is 0.375. The number of hydrogen-bond donors (Lipinski definition) is 2. The van der Waals surface area contributed by atoms with E-state index < -0.39 is 23.7 Å². The third-order valence-electron chi connectivity index (χ3n) is 4.78. The average molecular weight is 440 g/mol. The Kier molecular flexibility index (Phi) is 7.02. The summed E-state index contributed by atoms with van der Waals surface area (Å²) in [5.41, 5.74) is 1.68. The van der Waals surface area contributed by atoms with Crippen molar-refractivity contribution in [2.45, 2.75) is 38.8 Å². The fourth-order valence-corrected chi connectivity index (χ4v) is 3.48. The molecule has 3 rings (SSSR count). The van der Waals surface area contributed by atoms with Gasteiger partial charge in [-0.05, 0) is 32.4 Å². The van der Waals surface area contributed by atoms with E-state index >= 15 is 0 Å². The van der Waals surface area contributed by atoms with E-state index in [-0.39, 0.29) is 25.5 Å². The summed E-state index contributed by atoms with van der Waals surface area (Å²) < 4.78 is 10.7. The summed E-state index contributed by atoms with van der Waals surface area (Å²) in [4.78, 5) is 41.9. The lowest BCUT2D eigenvalue weighted by Crippen LogP contribution is -2.48. The number of H-pyrrole nitrogens is 1. The Bertz CT molecular complexity index is 1050. The molecule has 2 aromatic rings. The van der Waals surface area contributed by atoms with Crippen LogP contribution in [0.25, 0.3) is 10.9 Å². The van der Waals surface area contributed by atoms with Crippen LogP contribution in [0.4, 0.5) is 4.79 Å². The van der Waals surface area contributed by atoms with Gasteiger partial charge in [0.05, 0.1) is 13.1 Å². The number of nitrogens with one attached hydrogen (secondary N) is 2. The second kappa shape index (κ2) is 9.72. The van der Waals surface area contributed by atoms with Gasteiger partial charge in [0.15, 0.2) is 5.78 Å². The Hall–Kier alpha value is -3.55. The molecule has 1 aromatic carbocycles. The number of carbonyl (C=O) groups is 3. The number of rotatable bonds is 7. The lowest BCUT2D eigenvalue weighted by Gasteiger charge is -2.30. The molecule has 1 aliphatic rings. The molecule has 1 amide bonds. The lowest BCUT2D eigenvalue weighted by atomic mass is 10.0. The van der Waals surface area contributed by atoms with Gasteiger partial charge in [0.1, 0.15) is 18.2 Å². The number of esters is 1. The van der Waals surface area contributed by atoms with Crippen LogP contribution in [-0.4, -0.2) is 59.1 Å². The minimum absolute atomic E-state index is 0.0527. The van der Waals surface area contributed by atoms with Crippen LogP contribution in [0.3, 0.4) is 0 Å². The van der Waals surface area contributed by atoms with Gasteiger partial charge in [-0.15, -0.1) is 0 Å². The number of benzene rings is 1. The number of carbonyl (C=O) groups excluding carboxylic acids is 3. The molecule has 2 heterocycles. The van der Waals surface area contributed by atoms with Crippen molar-refractivity contribution in [3.8, 4) is 0 Å². The first-order valence-electron chi connectivity index (χ1n) is 10.5. The number of aromatic amines is 1. The summed E-state index contributed by atoms with van der Waals surface area (Å²) in [6, 6.07) is 7.06. The monoisotopic (exact) mass is 439 g/mol. The molecular formula is C24H29N3O5. The van der Waals surface area contributed by atoms with Crippen molar-refractivity contribution in [2.75, 3.05) is 19.7 Å². The summed E-state index contributed by atoms with van der Waals surface area (Å²) in [7, 11) is 0. The zero-order chi connectivity index (χ0) is 23.3. The van der Waals surface area contributed by atoms with Gasteiger partial charge < -0.3 is 19.8 Å². The van der Waals surface area contributed by atoms with E-state index in [4.69, 9.17) is 9.47 Å². The third-order valence-corrected chi connectivity index (χ3v) is 4.78. The molecule has 8 nitrogen and oxygen atoms in total. The highest BCUT2D eigenvalue weighted by Gasteiger charge is 2.30. The Morgan fingerprint density at radius 2 is 2.03 bits per heavy atom. The largest absolute Gasteiger partial charge is 0.458 e. The lowest BCUT2D eigenvalue weighted by molar-refractivity contribution is -0.157. The van der Waals surface area contributed by atoms with E-state index in [1.165, 1.54) is 17.1 Å². The molecule has 2 N–H and O–H groups in total. The molecule has 8 heteroatoms. The predicted molar refractivity (Wildman–Crippen MR) is 121 cm³/mol. The van der Waals surface area contributed by atoms with Crippen molar-refractivity contribution in [3.05, 3.63) is 60.5 Å². The number of hydrogen-bond acceptors (Lipinski definition) is 6. The third kappa shape index (κ3) is 6.00. The quantitative estimate of drug-likeness (QED) is 0.508. The molecule has 1 atom stereocenters. The van der Waals surface area contributed by atoms with E-state index in [1.54, 1.807) is 20.8 Å². The second-order valence-electron chi connectivity index (χ2n) is 8.65. The zero-order valence-corrected chi connectivity index (χ0v) is 18.6. The van der Waals surface area contributed by atoms with Gasteiger partial charge in [-0.1, -0.05) is 30.9 Å². The maximum atomic E-state index is 13.0. The Morgan fingerprint density at radius 3 is 2.75 bits per heavy atom. The first-order valence-corrected chi connectivity index (χ1v) is 10.5. The van der Waals surface area contributed by atoms with Crippen LogP contribution < -0.4 is 5.32 Å². The SMILES string of the molecule is C=CCOC(=O)N1CC(=O)C=C(N[C@@H](Cc2c[nH]c3ccccc23)C(=O)OC(C)(C)C)C1. The van der Waals surface area contributed by atoms with E-state index in [0.29, 0.717) is 12.1 Å². The summed E-state index contributed by atoms with van der Waals surface area (Å²) in [5, 5.41) is 4.14. The van der Waals surface area contributed by atoms with Crippen LogP contribution >= 0.6 is 0 Å². The maximum Gasteiger partial charge on any atom is 0.410 e. The van der Waals surface area contributed by atoms with E-state index in [9.17, 15) is 14.4 Å². The molecule has 0 aliphatic carbocycles. The summed E-state index contributed by atoms with van der Waals surface area (Å²) in [6.07, 6.45) is 4.47. The fourth-order valence-electron chi connectivity index (χ4n) is 3.48. The van der Waals surface area contributed by atoms with Crippen molar-refractivity contribution in [1.82, 2.24) is 15.2 Å². The van der Waals surface area contributed by atoms with Gasteiger partial charge in [-0.3, -0.25) is 9.69 Å². The van der Waals surface area contributed by atoms with Crippen LogP contribution in [0.1, 0.15) is 26.3 Å². The number of ketones is 1. The molecular weight excluding hydrogens is 410 g/mol. The molecule has 1 aliphatic heterocycles. The van der Waals surface area contributed by atoms with E-state index in [2.05, 4.69) is 16.9 Å². The first kappa shape index (κ1) is 23.1. The van der Waals surface area contributed by atoms with Crippen LogP contribution in [0.15, 0.2) is 54.9 Å². The highest BCUT2D eigenvalue weighted by atomic mass is 16.6. The molecule has 0 radical (unpaired) electrons. The number of aromatic nitrogens is 1. The molecule has 0 spiro atoms. The molecule has 0 unspecified atom stereocenters. The molecule has 1 aromatic heterocycles. The number of amides is 1. The zero-order valence-electron chi connectivity index (χ0n) is 18.6. The molecule has 170 valence electrons. The van der Waals surface area contributed by atoms with Crippen molar-refractivity contribution in [3.63, 3.8) is 0 Å². The highest BCUT2D eigenvalue weighted by molar-refractivity contribution is 5.95. The highest BCUT2D eigenvalue weighted by Crippen LogP contribution is 2.21. The number of nitrogens with zero attached hydrogens (tertiary/aromatic N) is 1. The maximum absolute atomic E-state index is 13.0. The number of para-hydroxylation sites is 1.